The van der Waals surface area contributed by atoms with Crippen LogP contribution in [0.1, 0.15) is 105 Å². The Kier molecular flexibility index (Phi) is 21.6. The molecule has 3 aromatic carbocycles. The molecule has 380 valence electrons. The molecule has 0 atom stereocenters. The Hall–Kier alpha value is -7.10. The fourth-order valence-electron chi connectivity index (χ4n) is 8.22. The lowest BCUT2D eigenvalue weighted by Crippen LogP contribution is -2.31. The van der Waals surface area contributed by atoms with Gasteiger partial charge in [-0.15, -0.1) is 0 Å². The Morgan fingerprint density at radius 1 is 0.465 bits per heavy atom. The minimum atomic E-state index is -0.496. The van der Waals surface area contributed by atoms with E-state index in [1.165, 1.54) is 0 Å². The summed E-state index contributed by atoms with van der Waals surface area (Å²) in [5, 5.41) is 0. The average molecular weight is 981 g/mol. The number of hydrogen-bond donors (Lipinski definition) is 0. The monoisotopic (exact) mass is 980 g/mol. The summed E-state index contributed by atoms with van der Waals surface area (Å²) in [6, 6.07) is 15.0. The van der Waals surface area contributed by atoms with E-state index in [2.05, 4.69) is 13.2 Å². The number of carbonyl (C=O) groups is 8. The maximum Gasteiger partial charge on any atom is 0.330 e. The highest BCUT2D eigenvalue weighted by atomic mass is 16.6. The normalized spacial score (nSPS) is 17.3. The molecule has 16 heteroatoms. The zero-order chi connectivity index (χ0) is 51.3. The lowest BCUT2D eigenvalue weighted by atomic mass is 9.82. The SMILES string of the molecule is C=CC(=O)OCCCCOC(=O)Cc1ccc(OC(=O)[C@H]2CC[C@H](C(=O)Oc3cc(C)c(OC(=O)[C@H]4CC[C@H](C(=O)Oc5ccc(CC(=O)OCCCCOC(=O)C=C)cc5)CC4)c(C)c3C)CC2)cc1. The third-order valence-corrected chi connectivity index (χ3v) is 12.6. The predicted molar refractivity (Wildman–Crippen MR) is 257 cm³/mol. The van der Waals surface area contributed by atoms with Gasteiger partial charge in [0, 0.05) is 12.2 Å². The third kappa shape index (κ3) is 17.7. The number of rotatable bonds is 24. The molecule has 3 aromatic rings. The van der Waals surface area contributed by atoms with Crippen LogP contribution in [0.2, 0.25) is 0 Å². The van der Waals surface area contributed by atoms with Crippen LogP contribution in [-0.2, 0) is 70.1 Å². The number of benzene rings is 3. The Labute approximate surface area is 414 Å². The molecule has 0 saturated heterocycles. The minimum absolute atomic E-state index is 0.0508. The molecular formula is C55H64O16. The van der Waals surface area contributed by atoms with Crippen molar-refractivity contribution in [2.24, 2.45) is 23.7 Å². The predicted octanol–water partition coefficient (Wildman–Crippen LogP) is 8.44. The van der Waals surface area contributed by atoms with Crippen molar-refractivity contribution in [1.29, 1.82) is 0 Å². The Balaban J connectivity index is 0.986. The molecule has 0 unspecified atom stereocenters. The van der Waals surface area contributed by atoms with Crippen LogP contribution in [-0.4, -0.2) is 74.2 Å². The van der Waals surface area contributed by atoms with Crippen LogP contribution in [0.15, 0.2) is 79.9 Å². The number of carbonyl (C=O) groups excluding carboxylic acids is 8. The van der Waals surface area contributed by atoms with Crippen molar-refractivity contribution < 1.29 is 76.3 Å². The van der Waals surface area contributed by atoms with Gasteiger partial charge in [0.05, 0.1) is 62.9 Å². The quantitative estimate of drug-likeness (QED) is 0.0271. The van der Waals surface area contributed by atoms with Gasteiger partial charge >= 0.3 is 47.8 Å². The topological polar surface area (TPSA) is 210 Å². The molecule has 2 aliphatic rings. The summed E-state index contributed by atoms with van der Waals surface area (Å²) in [5.41, 5.74) is 3.34. The highest BCUT2D eigenvalue weighted by Crippen LogP contribution is 2.38. The van der Waals surface area contributed by atoms with E-state index < -0.39 is 47.7 Å². The van der Waals surface area contributed by atoms with Crippen LogP contribution in [0.25, 0.3) is 0 Å². The van der Waals surface area contributed by atoms with Crippen LogP contribution >= 0.6 is 0 Å². The highest BCUT2D eigenvalue weighted by molar-refractivity contribution is 5.82. The smallest absolute Gasteiger partial charge is 0.330 e. The first-order valence-corrected chi connectivity index (χ1v) is 24.2. The van der Waals surface area contributed by atoms with Crippen LogP contribution < -0.4 is 18.9 Å². The van der Waals surface area contributed by atoms with E-state index in [1.54, 1.807) is 75.4 Å². The molecule has 0 heterocycles. The molecule has 0 aliphatic heterocycles. The lowest BCUT2D eigenvalue weighted by Gasteiger charge is -2.27. The molecule has 2 aliphatic carbocycles. The molecule has 0 spiro atoms. The van der Waals surface area contributed by atoms with Gasteiger partial charge in [-0.3, -0.25) is 28.8 Å². The van der Waals surface area contributed by atoms with Crippen LogP contribution in [0, 0.1) is 44.4 Å². The van der Waals surface area contributed by atoms with Gasteiger partial charge in [-0.05, 0) is 156 Å². The summed E-state index contributed by atoms with van der Waals surface area (Å²) >= 11 is 0. The van der Waals surface area contributed by atoms with Crippen molar-refractivity contribution in [2.45, 2.75) is 111 Å². The first kappa shape index (κ1) is 54.8. The maximum absolute atomic E-state index is 13.4. The summed E-state index contributed by atoms with van der Waals surface area (Å²) in [4.78, 5) is 99.5. The zero-order valence-electron chi connectivity index (χ0n) is 40.8. The Morgan fingerprint density at radius 3 is 1.17 bits per heavy atom. The second-order valence-corrected chi connectivity index (χ2v) is 17.8. The maximum atomic E-state index is 13.4. The van der Waals surface area contributed by atoms with Crippen molar-refractivity contribution in [3.8, 4) is 23.0 Å². The molecule has 0 N–H and O–H groups in total. The molecular weight excluding hydrogens is 917 g/mol. The van der Waals surface area contributed by atoms with Gasteiger partial charge in [-0.1, -0.05) is 37.4 Å². The lowest BCUT2D eigenvalue weighted by molar-refractivity contribution is -0.145. The molecule has 5 rings (SSSR count). The van der Waals surface area contributed by atoms with Gasteiger partial charge < -0.3 is 37.9 Å². The van der Waals surface area contributed by atoms with Gasteiger partial charge in [0.2, 0.25) is 0 Å². The van der Waals surface area contributed by atoms with Gasteiger partial charge in [-0.2, -0.15) is 0 Å². The number of ether oxygens (including phenoxy) is 8. The van der Waals surface area contributed by atoms with E-state index in [4.69, 9.17) is 37.9 Å². The number of aryl methyl sites for hydroxylation is 1. The minimum Gasteiger partial charge on any atom is -0.465 e. The standard InChI is InChI=1S/C55H64O16/c1-6-47(56)64-28-8-10-30-66-49(58)33-38-12-24-44(25-13-38)68-52(60)40-16-20-42(21-17-40)54(62)70-46-32-35(3)51(37(5)36(46)4)71-55(63)43-22-18-41(19-23-43)53(61)69-45-26-14-39(15-27-45)34-50(59)67-31-11-9-29-65-48(57)7-2/h6-7,12-15,24-27,32,40-43H,1-2,8-11,16-23,28-31,33-34H2,3-5H3/t40-,41-,42-,43-. The van der Waals surface area contributed by atoms with Gasteiger partial charge in [0.15, 0.2) is 0 Å². The van der Waals surface area contributed by atoms with E-state index in [0.717, 1.165) is 12.2 Å². The van der Waals surface area contributed by atoms with Crippen molar-refractivity contribution in [3.63, 3.8) is 0 Å². The molecule has 0 bridgehead atoms. The average Bonchev–Trinajstić information content (AvgIpc) is 3.37. The molecule has 16 nitrogen and oxygen atoms in total. The first-order valence-electron chi connectivity index (χ1n) is 24.2. The largest absolute Gasteiger partial charge is 0.465 e. The van der Waals surface area contributed by atoms with E-state index in [0.29, 0.717) is 128 Å². The summed E-state index contributed by atoms with van der Waals surface area (Å²) in [7, 11) is 0. The summed E-state index contributed by atoms with van der Waals surface area (Å²) < 4.78 is 43.4. The van der Waals surface area contributed by atoms with E-state index in [1.807, 2.05) is 0 Å². The van der Waals surface area contributed by atoms with Gasteiger partial charge in [0.25, 0.3) is 0 Å². The fourth-order valence-corrected chi connectivity index (χ4v) is 8.22. The Morgan fingerprint density at radius 2 is 0.803 bits per heavy atom. The summed E-state index contributed by atoms with van der Waals surface area (Å²) in [5.74, 6) is -3.49. The highest BCUT2D eigenvalue weighted by Gasteiger charge is 2.35. The van der Waals surface area contributed by atoms with Crippen LogP contribution in [0.5, 0.6) is 23.0 Å². The molecule has 2 saturated carbocycles. The van der Waals surface area contributed by atoms with Crippen molar-refractivity contribution in [3.05, 3.63) is 108 Å². The summed E-state index contributed by atoms with van der Waals surface area (Å²) in [6.45, 7) is 12.9. The first-order chi connectivity index (χ1) is 34.1. The molecule has 0 aromatic heterocycles. The van der Waals surface area contributed by atoms with Gasteiger partial charge in [-0.25, -0.2) is 9.59 Å². The zero-order valence-corrected chi connectivity index (χ0v) is 40.8. The van der Waals surface area contributed by atoms with Crippen LogP contribution in [0.4, 0.5) is 0 Å². The van der Waals surface area contributed by atoms with Gasteiger partial charge in [0.1, 0.15) is 23.0 Å². The second kappa shape index (κ2) is 27.9. The second-order valence-electron chi connectivity index (χ2n) is 17.8. The molecule has 2 fully saturated rings. The van der Waals surface area contributed by atoms with Crippen molar-refractivity contribution >= 4 is 47.8 Å². The van der Waals surface area contributed by atoms with Crippen molar-refractivity contribution in [2.75, 3.05) is 26.4 Å². The Bertz CT molecular complexity index is 2370. The number of hydrogen-bond acceptors (Lipinski definition) is 16. The molecule has 0 radical (unpaired) electrons. The van der Waals surface area contributed by atoms with E-state index >= 15 is 0 Å². The third-order valence-electron chi connectivity index (χ3n) is 12.6. The fraction of sp³-hybridized carbons (Fsp3) is 0.455. The molecule has 71 heavy (non-hydrogen) atoms. The molecule has 0 amide bonds. The van der Waals surface area contributed by atoms with E-state index in [-0.39, 0.29) is 63.0 Å². The number of esters is 8. The van der Waals surface area contributed by atoms with E-state index in [9.17, 15) is 38.4 Å². The number of unbranched alkanes of at least 4 members (excludes halogenated alkanes) is 2. The summed E-state index contributed by atoms with van der Waals surface area (Å²) in [6.07, 6.45) is 8.08. The van der Waals surface area contributed by atoms with Crippen LogP contribution in [0.3, 0.4) is 0 Å². The van der Waals surface area contributed by atoms with Crippen molar-refractivity contribution in [1.82, 2.24) is 0 Å².